The van der Waals surface area contributed by atoms with Crippen LogP contribution >= 0.6 is 0 Å². The third-order valence-corrected chi connectivity index (χ3v) is 3.75. The van der Waals surface area contributed by atoms with E-state index >= 15 is 0 Å². The third kappa shape index (κ3) is 3.91. The molecule has 0 aromatic heterocycles. The van der Waals surface area contributed by atoms with Gasteiger partial charge in [0.05, 0.1) is 17.4 Å². The first-order chi connectivity index (χ1) is 7.57. The van der Waals surface area contributed by atoms with Gasteiger partial charge in [-0.05, 0) is 24.3 Å². The van der Waals surface area contributed by atoms with Crippen LogP contribution in [0.25, 0.3) is 0 Å². The highest BCUT2D eigenvalue weighted by Crippen LogP contribution is 2.11. The smallest absolute Gasteiger partial charge is 0.153 e. The van der Waals surface area contributed by atoms with Gasteiger partial charge >= 0.3 is 0 Å². The minimum absolute atomic E-state index is 0.0174. The maximum atomic E-state index is 11.2. The second-order valence-electron chi connectivity index (χ2n) is 3.22. The Bertz CT molecular complexity index is 471. The molecular weight excluding hydrogens is 226 g/mol. The molecular formula is C11H13NO3S. The zero-order valence-electron chi connectivity index (χ0n) is 9.01. The van der Waals surface area contributed by atoms with Crippen molar-refractivity contribution in [1.82, 2.24) is 0 Å². The summed E-state index contributed by atoms with van der Waals surface area (Å²) in [5.74, 6) is 0.720. The molecule has 86 valence electrons. The van der Waals surface area contributed by atoms with Gasteiger partial charge in [-0.15, -0.1) is 0 Å². The Kier molecular flexibility index (Phi) is 4.32. The molecule has 0 fully saturated rings. The highest BCUT2D eigenvalue weighted by Gasteiger charge is 2.07. The molecule has 4 nitrogen and oxygen atoms in total. The van der Waals surface area contributed by atoms with Crippen LogP contribution in [0.5, 0.6) is 5.75 Å². The normalized spacial score (nSPS) is 10.8. The Balaban J connectivity index is 2.47. The molecule has 0 atom stereocenters. The lowest BCUT2D eigenvalue weighted by atomic mass is 10.2. The number of rotatable bonds is 5. The Morgan fingerprint density at radius 3 is 2.44 bits per heavy atom. The van der Waals surface area contributed by atoms with Crippen LogP contribution in [0.4, 0.5) is 0 Å². The van der Waals surface area contributed by atoms with Crippen molar-refractivity contribution in [1.29, 1.82) is 5.26 Å². The zero-order chi connectivity index (χ0) is 12.0. The molecule has 0 saturated heterocycles. The van der Waals surface area contributed by atoms with Crippen LogP contribution in [-0.2, 0) is 9.84 Å². The van der Waals surface area contributed by atoms with Gasteiger partial charge in [0.2, 0.25) is 0 Å². The molecule has 0 aliphatic heterocycles. The molecule has 1 aromatic rings. The number of benzene rings is 1. The predicted octanol–water partition coefficient (Wildman–Crippen LogP) is 1.37. The van der Waals surface area contributed by atoms with Crippen molar-refractivity contribution < 1.29 is 13.2 Å². The van der Waals surface area contributed by atoms with Crippen molar-refractivity contribution in [2.24, 2.45) is 0 Å². The molecule has 1 rings (SSSR count). The van der Waals surface area contributed by atoms with Crippen LogP contribution in [0.2, 0.25) is 0 Å². The van der Waals surface area contributed by atoms with Crippen molar-refractivity contribution in [3.8, 4) is 11.8 Å². The number of hydrogen-bond donors (Lipinski definition) is 0. The lowest BCUT2D eigenvalue weighted by Gasteiger charge is -2.05. The van der Waals surface area contributed by atoms with Crippen molar-refractivity contribution >= 4 is 9.84 Å². The molecule has 1 aromatic carbocycles. The largest absolute Gasteiger partial charge is 0.493 e. The maximum Gasteiger partial charge on any atom is 0.153 e. The number of hydrogen-bond acceptors (Lipinski definition) is 4. The summed E-state index contributed by atoms with van der Waals surface area (Å²) in [6.45, 7) is 1.75. The van der Waals surface area contributed by atoms with Gasteiger partial charge < -0.3 is 4.74 Å². The van der Waals surface area contributed by atoms with Crippen molar-refractivity contribution in [2.75, 3.05) is 18.1 Å². The van der Waals surface area contributed by atoms with Gasteiger partial charge in [-0.25, -0.2) is 8.42 Å². The summed E-state index contributed by atoms with van der Waals surface area (Å²) in [4.78, 5) is 0. The highest BCUT2D eigenvalue weighted by molar-refractivity contribution is 7.91. The van der Waals surface area contributed by atoms with E-state index < -0.39 is 9.84 Å². The van der Waals surface area contributed by atoms with E-state index in [1.165, 1.54) is 0 Å². The quantitative estimate of drug-likeness (QED) is 0.778. The Morgan fingerprint density at radius 1 is 1.31 bits per heavy atom. The number of sulfone groups is 1. The van der Waals surface area contributed by atoms with Gasteiger partial charge in [0.15, 0.2) is 9.84 Å². The monoisotopic (exact) mass is 239 g/mol. The summed E-state index contributed by atoms with van der Waals surface area (Å²) < 4.78 is 27.6. The first-order valence-electron chi connectivity index (χ1n) is 4.91. The second kappa shape index (κ2) is 5.52. The van der Waals surface area contributed by atoms with E-state index in [0.29, 0.717) is 11.3 Å². The Hall–Kier alpha value is -1.54. The molecule has 0 aliphatic carbocycles. The SMILES string of the molecule is CCS(=O)(=O)CCOc1ccc(C#N)cc1. The minimum atomic E-state index is -2.98. The average molecular weight is 239 g/mol. The fourth-order valence-electron chi connectivity index (χ4n) is 1.06. The summed E-state index contributed by atoms with van der Waals surface area (Å²) in [5.41, 5.74) is 0.550. The lowest BCUT2D eigenvalue weighted by Crippen LogP contribution is -2.15. The standard InChI is InChI=1S/C11H13NO3S/c1-2-16(13,14)8-7-15-11-5-3-10(9-12)4-6-11/h3-6H,2,7-8H2,1H3. The molecule has 0 spiro atoms. The molecule has 0 radical (unpaired) electrons. The van der Waals surface area contributed by atoms with E-state index in [1.54, 1.807) is 31.2 Å². The highest BCUT2D eigenvalue weighted by atomic mass is 32.2. The van der Waals surface area contributed by atoms with Gasteiger partial charge in [0, 0.05) is 5.75 Å². The van der Waals surface area contributed by atoms with Gasteiger partial charge in [-0.1, -0.05) is 6.92 Å². The number of nitrogens with zero attached hydrogens (tertiary/aromatic N) is 1. The van der Waals surface area contributed by atoms with E-state index in [9.17, 15) is 8.42 Å². The van der Waals surface area contributed by atoms with Crippen LogP contribution < -0.4 is 4.74 Å². The summed E-state index contributed by atoms with van der Waals surface area (Å²) in [6.07, 6.45) is 0. The third-order valence-electron chi connectivity index (χ3n) is 2.09. The summed E-state index contributed by atoms with van der Waals surface area (Å²) in [5, 5.41) is 8.57. The zero-order valence-corrected chi connectivity index (χ0v) is 9.83. The van der Waals surface area contributed by atoms with Crippen molar-refractivity contribution in [3.63, 3.8) is 0 Å². The molecule has 5 heteroatoms. The van der Waals surface area contributed by atoms with Gasteiger partial charge in [-0.3, -0.25) is 0 Å². The van der Waals surface area contributed by atoms with Crippen LogP contribution in [0, 0.1) is 11.3 Å². The van der Waals surface area contributed by atoms with E-state index in [1.807, 2.05) is 6.07 Å². The van der Waals surface area contributed by atoms with E-state index in [2.05, 4.69) is 0 Å². The van der Waals surface area contributed by atoms with Crippen LogP contribution in [-0.4, -0.2) is 26.5 Å². The minimum Gasteiger partial charge on any atom is -0.493 e. The molecule has 16 heavy (non-hydrogen) atoms. The fraction of sp³-hybridized carbons (Fsp3) is 0.364. The average Bonchev–Trinajstić information content (AvgIpc) is 2.30. The number of nitriles is 1. The number of ether oxygens (including phenoxy) is 1. The Labute approximate surface area is 95.4 Å². The van der Waals surface area contributed by atoms with Gasteiger partial charge in [0.25, 0.3) is 0 Å². The summed E-state index contributed by atoms with van der Waals surface area (Å²) >= 11 is 0. The molecule has 0 N–H and O–H groups in total. The predicted molar refractivity (Wildman–Crippen MR) is 61.0 cm³/mol. The van der Waals surface area contributed by atoms with Crippen LogP contribution in [0.15, 0.2) is 24.3 Å². The summed E-state index contributed by atoms with van der Waals surface area (Å²) in [7, 11) is -2.98. The first kappa shape index (κ1) is 12.5. The lowest BCUT2D eigenvalue weighted by molar-refractivity contribution is 0.341. The molecule has 0 aliphatic rings. The van der Waals surface area contributed by atoms with Crippen molar-refractivity contribution in [2.45, 2.75) is 6.92 Å². The van der Waals surface area contributed by atoms with E-state index in [-0.39, 0.29) is 18.1 Å². The molecule has 0 unspecified atom stereocenters. The fourth-order valence-corrected chi connectivity index (χ4v) is 1.68. The first-order valence-corrected chi connectivity index (χ1v) is 6.73. The van der Waals surface area contributed by atoms with E-state index in [0.717, 1.165) is 0 Å². The summed E-state index contributed by atoms with van der Waals surface area (Å²) in [6, 6.07) is 8.55. The van der Waals surface area contributed by atoms with Gasteiger partial charge in [-0.2, -0.15) is 5.26 Å². The molecule has 0 amide bonds. The second-order valence-corrected chi connectivity index (χ2v) is 5.69. The van der Waals surface area contributed by atoms with E-state index in [4.69, 9.17) is 10.00 Å². The Morgan fingerprint density at radius 2 is 1.94 bits per heavy atom. The molecule has 0 saturated carbocycles. The van der Waals surface area contributed by atoms with Gasteiger partial charge in [0.1, 0.15) is 12.4 Å². The van der Waals surface area contributed by atoms with Crippen molar-refractivity contribution in [3.05, 3.63) is 29.8 Å². The maximum absolute atomic E-state index is 11.2. The topological polar surface area (TPSA) is 67.2 Å². The molecule has 0 heterocycles. The van der Waals surface area contributed by atoms with Crippen LogP contribution in [0.3, 0.4) is 0 Å². The molecule has 0 bridgehead atoms. The van der Waals surface area contributed by atoms with Crippen LogP contribution in [0.1, 0.15) is 12.5 Å².